The molecule has 2 heterocycles. The highest BCUT2D eigenvalue weighted by Crippen LogP contribution is 2.14. The van der Waals surface area contributed by atoms with Gasteiger partial charge in [0, 0.05) is 12.5 Å². The number of hydrogen-bond acceptors (Lipinski definition) is 7. The molecule has 0 bridgehead atoms. The van der Waals surface area contributed by atoms with Crippen molar-refractivity contribution in [1.82, 2.24) is 4.72 Å². The number of rotatable bonds is 7. The predicted molar refractivity (Wildman–Crippen MR) is 93.7 cm³/mol. The first-order valence-corrected chi connectivity index (χ1v) is 9.60. The van der Waals surface area contributed by atoms with Crippen LogP contribution < -0.4 is 4.72 Å². The van der Waals surface area contributed by atoms with Gasteiger partial charge in [-0.25, -0.2) is 22.7 Å². The molecule has 142 valence electrons. The molecular weight excluding hydrogens is 374 g/mol. The third-order valence-electron chi connectivity index (χ3n) is 3.76. The second kappa shape index (κ2) is 8.19. The smallest absolute Gasteiger partial charge is 0.347 e. The summed E-state index contributed by atoms with van der Waals surface area (Å²) in [6.07, 6.45) is 3.58. The van der Waals surface area contributed by atoms with Gasteiger partial charge in [-0.3, -0.25) is 0 Å². The number of carbonyl (C=O) groups excluding carboxylic acids is 2. The Morgan fingerprint density at radius 3 is 2.67 bits per heavy atom. The van der Waals surface area contributed by atoms with E-state index in [-0.39, 0.29) is 18.0 Å². The molecule has 8 nitrogen and oxygen atoms in total. The standard InChI is InChI=1S/C18H17NO7S/c20-17(26-16-9-11-25-18(16)21)8-5-13-3-6-15(7-4-13)27(22,23)19-12-14-2-1-10-24-14/h1-8,10,16,19H,9,11-12H2/b8-5+/t16-/m1/s1. The Morgan fingerprint density at radius 2 is 2.04 bits per heavy atom. The largest absolute Gasteiger partial charge is 0.468 e. The van der Waals surface area contributed by atoms with Gasteiger partial charge in [0.15, 0.2) is 0 Å². The van der Waals surface area contributed by atoms with E-state index in [4.69, 9.17) is 13.9 Å². The van der Waals surface area contributed by atoms with Crippen molar-refractivity contribution in [3.05, 3.63) is 60.1 Å². The van der Waals surface area contributed by atoms with Crippen LogP contribution in [0, 0.1) is 0 Å². The van der Waals surface area contributed by atoms with E-state index < -0.39 is 28.1 Å². The highest BCUT2D eigenvalue weighted by atomic mass is 32.2. The van der Waals surface area contributed by atoms with Crippen LogP contribution in [0.1, 0.15) is 17.7 Å². The molecule has 1 atom stereocenters. The number of furan rings is 1. The number of nitrogens with one attached hydrogen (secondary N) is 1. The topological polar surface area (TPSA) is 112 Å². The van der Waals surface area contributed by atoms with Crippen molar-refractivity contribution in [2.45, 2.75) is 24.0 Å². The van der Waals surface area contributed by atoms with E-state index in [0.29, 0.717) is 17.7 Å². The van der Waals surface area contributed by atoms with Crippen LogP contribution in [-0.4, -0.2) is 33.1 Å². The fourth-order valence-corrected chi connectivity index (χ4v) is 3.34. The predicted octanol–water partition coefficient (Wildman–Crippen LogP) is 1.63. The van der Waals surface area contributed by atoms with E-state index in [0.717, 1.165) is 0 Å². The van der Waals surface area contributed by atoms with Crippen molar-refractivity contribution in [3.63, 3.8) is 0 Å². The number of ether oxygens (including phenoxy) is 2. The number of sulfonamides is 1. The first-order valence-electron chi connectivity index (χ1n) is 8.11. The van der Waals surface area contributed by atoms with E-state index in [1.807, 2.05) is 0 Å². The van der Waals surface area contributed by atoms with Crippen molar-refractivity contribution in [2.75, 3.05) is 6.61 Å². The lowest BCUT2D eigenvalue weighted by atomic mass is 10.2. The zero-order valence-corrected chi connectivity index (χ0v) is 15.0. The molecule has 0 amide bonds. The van der Waals surface area contributed by atoms with Crippen molar-refractivity contribution in [1.29, 1.82) is 0 Å². The highest BCUT2D eigenvalue weighted by Gasteiger charge is 2.29. The van der Waals surface area contributed by atoms with Crippen molar-refractivity contribution < 1.29 is 31.9 Å². The zero-order valence-electron chi connectivity index (χ0n) is 14.2. The summed E-state index contributed by atoms with van der Waals surface area (Å²) in [5, 5.41) is 0. The Balaban J connectivity index is 1.57. The van der Waals surface area contributed by atoms with E-state index in [2.05, 4.69) is 4.72 Å². The lowest BCUT2D eigenvalue weighted by Gasteiger charge is -2.06. The molecule has 0 radical (unpaired) electrons. The van der Waals surface area contributed by atoms with Crippen LogP contribution >= 0.6 is 0 Å². The molecule has 27 heavy (non-hydrogen) atoms. The quantitative estimate of drug-likeness (QED) is 0.564. The Hall–Kier alpha value is -2.91. The molecule has 0 unspecified atom stereocenters. The number of hydrogen-bond donors (Lipinski definition) is 1. The van der Waals surface area contributed by atoms with Gasteiger partial charge in [-0.15, -0.1) is 0 Å². The first-order chi connectivity index (χ1) is 12.9. The lowest BCUT2D eigenvalue weighted by molar-refractivity contribution is -0.156. The van der Waals surface area contributed by atoms with E-state index in [1.54, 1.807) is 24.3 Å². The first kappa shape index (κ1) is 18.9. The molecule has 1 aliphatic rings. The molecule has 0 aliphatic carbocycles. The lowest BCUT2D eigenvalue weighted by Crippen LogP contribution is -2.22. The van der Waals surface area contributed by atoms with Crippen LogP contribution in [0.2, 0.25) is 0 Å². The minimum absolute atomic E-state index is 0.0480. The number of cyclic esters (lactones) is 1. The Labute approximate surface area is 155 Å². The summed E-state index contributed by atoms with van der Waals surface area (Å²) in [4.78, 5) is 23.0. The SMILES string of the molecule is O=C(/C=C/c1ccc(S(=O)(=O)NCc2ccco2)cc1)O[C@@H]1CCOC1=O. The Morgan fingerprint density at radius 1 is 1.26 bits per heavy atom. The van der Waals surface area contributed by atoms with Crippen molar-refractivity contribution in [2.24, 2.45) is 0 Å². The Bertz CT molecular complexity index is 931. The molecule has 1 aliphatic heterocycles. The molecular formula is C18H17NO7S. The van der Waals surface area contributed by atoms with Gasteiger partial charge in [-0.05, 0) is 35.9 Å². The maximum absolute atomic E-state index is 12.2. The van der Waals surface area contributed by atoms with Gasteiger partial charge in [0.2, 0.25) is 16.1 Å². The van der Waals surface area contributed by atoms with Gasteiger partial charge in [0.1, 0.15) is 5.76 Å². The van der Waals surface area contributed by atoms with E-state index in [1.165, 1.54) is 30.5 Å². The third-order valence-corrected chi connectivity index (χ3v) is 5.18. The van der Waals surface area contributed by atoms with Crippen LogP contribution in [0.15, 0.2) is 58.1 Å². The van der Waals surface area contributed by atoms with Gasteiger partial charge >= 0.3 is 11.9 Å². The van der Waals surface area contributed by atoms with Crippen LogP contribution in [-0.2, 0) is 35.6 Å². The molecule has 1 aromatic heterocycles. The fraction of sp³-hybridized carbons (Fsp3) is 0.222. The molecule has 1 fully saturated rings. The number of esters is 2. The van der Waals surface area contributed by atoms with Gasteiger partial charge < -0.3 is 13.9 Å². The molecule has 0 saturated carbocycles. The maximum atomic E-state index is 12.2. The highest BCUT2D eigenvalue weighted by molar-refractivity contribution is 7.89. The van der Waals surface area contributed by atoms with Crippen LogP contribution in [0.3, 0.4) is 0 Å². The summed E-state index contributed by atoms with van der Waals surface area (Å²) in [5.41, 5.74) is 0.603. The average molecular weight is 391 g/mol. The number of carbonyl (C=O) groups is 2. The van der Waals surface area contributed by atoms with E-state index >= 15 is 0 Å². The van der Waals surface area contributed by atoms with Gasteiger partial charge in [-0.2, -0.15) is 0 Å². The molecule has 0 spiro atoms. The zero-order chi connectivity index (χ0) is 19.3. The minimum Gasteiger partial charge on any atom is -0.468 e. The molecule has 1 aromatic carbocycles. The molecule has 1 N–H and O–H groups in total. The molecule has 2 aromatic rings. The van der Waals surface area contributed by atoms with Gasteiger partial charge in [0.25, 0.3) is 0 Å². The number of benzene rings is 1. The van der Waals surface area contributed by atoms with Gasteiger partial charge in [0.05, 0.1) is 24.3 Å². The molecule has 9 heteroatoms. The molecule has 3 rings (SSSR count). The van der Waals surface area contributed by atoms with E-state index in [9.17, 15) is 18.0 Å². The third kappa shape index (κ3) is 5.05. The average Bonchev–Trinajstić information content (AvgIpc) is 3.31. The second-order valence-electron chi connectivity index (χ2n) is 5.69. The van der Waals surface area contributed by atoms with Crippen LogP contribution in [0.4, 0.5) is 0 Å². The normalized spacial score (nSPS) is 17.2. The molecule has 1 saturated heterocycles. The monoisotopic (exact) mass is 391 g/mol. The fourth-order valence-electron chi connectivity index (χ4n) is 2.35. The summed E-state index contributed by atoms with van der Waals surface area (Å²) in [7, 11) is -3.68. The summed E-state index contributed by atoms with van der Waals surface area (Å²) in [6, 6.07) is 9.28. The second-order valence-corrected chi connectivity index (χ2v) is 7.45. The maximum Gasteiger partial charge on any atom is 0.347 e. The summed E-state index contributed by atoms with van der Waals surface area (Å²) in [5.74, 6) is -0.716. The summed E-state index contributed by atoms with van der Waals surface area (Å²) >= 11 is 0. The van der Waals surface area contributed by atoms with Crippen LogP contribution in [0.5, 0.6) is 0 Å². The minimum atomic E-state index is -3.68. The summed E-state index contributed by atoms with van der Waals surface area (Å²) in [6.45, 7) is 0.289. The van der Waals surface area contributed by atoms with Crippen molar-refractivity contribution in [3.8, 4) is 0 Å². The van der Waals surface area contributed by atoms with Crippen molar-refractivity contribution >= 4 is 28.0 Å². The summed E-state index contributed by atoms with van der Waals surface area (Å²) < 4.78 is 41.7. The van der Waals surface area contributed by atoms with Gasteiger partial charge in [-0.1, -0.05) is 12.1 Å². The van der Waals surface area contributed by atoms with Crippen LogP contribution in [0.25, 0.3) is 6.08 Å². The Kier molecular flexibility index (Phi) is 5.72.